The third-order valence-electron chi connectivity index (χ3n) is 20.0. The molecule has 0 N–H and O–H groups in total. The molecule has 0 atom stereocenters. The normalized spacial score (nSPS) is 11.3. The second-order valence-electron chi connectivity index (χ2n) is 29.1. The number of allylic oxidation sites excluding steroid dienone is 2. The van der Waals surface area contributed by atoms with Crippen LogP contribution in [-0.4, -0.2) is 10.7 Å². The molecule has 2 rings (SSSR count). The Morgan fingerprint density at radius 1 is 0.298 bits per heavy atom. The molecular weight excluding hydrogens is 1230 g/mol. The summed E-state index contributed by atoms with van der Waals surface area (Å²) >= 11 is 0. The number of hydrogen-bond acceptors (Lipinski definition) is 0. The maximum Gasteiger partial charge on any atom is 2.00 e. The van der Waals surface area contributed by atoms with E-state index < -0.39 is 0 Å². The molecule has 0 aliphatic carbocycles. The van der Waals surface area contributed by atoms with E-state index in [0.717, 1.165) is 63.4 Å². The zero-order valence-electron chi connectivity index (χ0n) is 64.6. The van der Waals surface area contributed by atoms with Gasteiger partial charge in [0.2, 0.25) is 0 Å². The topological polar surface area (TPSA) is 36.4 Å². The number of unbranched alkanes of at least 4 members (excludes halogenated alkanes) is 57. The molecule has 0 spiro atoms. The van der Waals surface area contributed by atoms with Gasteiger partial charge in [-0.3, -0.25) is 0 Å². The van der Waals surface area contributed by atoms with Crippen LogP contribution in [-0.2, 0) is 33.3 Å². The fourth-order valence-corrected chi connectivity index (χ4v) is 13.7. The van der Waals surface area contributed by atoms with E-state index in [4.69, 9.17) is 0 Å². The summed E-state index contributed by atoms with van der Waals surface area (Å²) in [4.78, 5) is 3.42. The summed E-state index contributed by atoms with van der Waals surface area (Å²) in [6.07, 6.45) is 92.9. The number of benzene rings is 2. The molecule has 2 aromatic rings. The van der Waals surface area contributed by atoms with E-state index in [1.54, 1.807) is 0 Å². The fraction of sp³-hybridized carbons (Fsp3) is 0.802. The van der Waals surface area contributed by atoms with E-state index in [1.165, 1.54) is 406 Å². The van der Waals surface area contributed by atoms with Gasteiger partial charge in [0, 0.05) is 0 Å². The Morgan fingerprint density at radius 2 is 0.585 bits per heavy atom. The van der Waals surface area contributed by atoms with Gasteiger partial charge in [-0.25, -0.2) is 0 Å². The zero-order chi connectivity index (χ0) is 67.5. The average molecular weight is 1390 g/mol. The molecule has 0 bridgehead atoms. The Bertz CT molecular complexity index is 1790. The molecule has 548 valence electrons. The molecule has 0 aliphatic rings. The largest absolute Gasteiger partial charge is 2.00 e. The number of nitrogens with zero attached hydrogens (tertiary/aromatic N) is 2. The predicted molar refractivity (Wildman–Crippen MR) is 423 cm³/mol. The first-order chi connectivity index (χ1) is 46.0. The summed E-state index contributed by atoms with van der Waals surface area (Å²) in [7, 11) is 0. The van der Waals surface area contributed by atoms with Crippen molar-refractivity contribution in [3.63, 3.8) is 0 Å². The van der Waals surface area contributed by atoms with Gasteiger partial charge >= 0.3 is 26.3 Å². The molecular formula is C91H164N2Pd. The second-order valence-corrected chi connectivity index (χ2v) is 29.1. The van der Waals surface area contributed by atoms with E-state index in [1.807, 2.05) is 0 Å². The molecule has 0 saturated heterocycles. The summed E-state index contributed by atoms with van der Waals surface area (Å²) < 4.78 is 0. The van der Waals surface area contributed by atoms with Crippen molar-refractivity contribution in [1.29, 1.82) is 0 Å². The molecule has 0 radical (unpaired) electrons. The Labute approximate surface area is 605 Å². The smallest absolute Gasteiger partial charge is 0.348 e. The first-order valence-corrected chi connectivity index (χ1v) is 42.5. The van der Waals surface area contributed by atoms with Crippen molar-refractivity contribution in [1.82, 2.24) is 0 Å². The minimum Gasteiger partial charge on any atom is -0.348 e. The summed E-state index contributed by atoms with van der Waals surface area (Å²) in [6.45, 7) is 21.4. The molecule has 0 aliphatic heterocycles. The first-order valence-electron chi connectivity index (χ1n) is 42.5. The van der Waals surface area contributed by atoms with Crippen molar-refractivity contribution in [2.24, 2.45) is 0 Å². The van der Waals surface area contributed by atoms with E-state index >= 15 is 0 Å². The van der Waals surface area contributed by atoms with Gasteiger partial charge < -0.3 is 19.4 Å². The van der Waals surface area contributed by atoms with Gasteiger partial charge in [-0.1, -0.05) is 456 Å². The SMILES string of the molecule is CCCCCCc1cccc(C(=C(CCCC)C(=C=[N+]=[N-])CCCCC)c2ccc(CCCC)cc2)c1.[CH2-]CCCCCCCCCCCCCCCCCCCCCCCCCCC.[CH2-]CCCCCCCCCCCCCCCCCCCCCCCCCCC.[Pd+2]. The van der Waals surface area contributed by atoms with Crippen LogP contribution in [0.5, 0.6) is 0 Å². The van der Waals surface area contributed by atoms with Crippen LogP contribution >= 0.6 is 0 Å². The van der Waals surface area contributed by atoms with Crippen LogP contribution in [0.3, 0.4) is 0 Å². The molecule has 0 amide bonds. The number of aryl methyl sites for hydroxylation is 2. The first kappa shape index (κ1) is 94.1. The van der Waals surface area contributed by atoms with Crippen molar-refractivity contribution in [3.05, 3.63) is 101 Å². The maximum atomic E-state index is 9.56. The van der Waals surface area contributed by atoms with E-state index in [2.05, 4.69) is 115 Å². The molecule has 3 heteroatoms. The molecule has 0 heterocycles. The van der Waals surface area contributed by atoms with E-state index in [0.29, 0.717) is 0 Å². The van der Waals surface area contributed by atoms with Gasteiger partial charge in [0.1, 0.15) is 0 Å². The molecule has 2 nitrogen and oxygen atoms in total. The van der Waals surface area contributed by atoms with Crippen molar-refractivity contribution in [2.75, 3.05) is 0 Å². The summed E-state index contributed by atoms with van der Waals surface area (Å²) in [5.74, 6) is 3.01. The van der Waals surface area contributed by atoms with Gasteiger partial charge in [0.15, 0.2) is 0 Å². The zero-order valence-corrected chi connectivity index (χ0v) is 66.2. The monoisotopic (exact) mass is 1390 g/mol. The quantitative estimate of drug-likeness (QED) is 0.0120. The Balaban J connectivity index is 0. The Kier molecular flexibility index (Phi) is 80.0. The van der Waals surface area contributed by atoms with Gasteiger partial charge in [-0.15, -0.1) is 4.79 Å². The van der Waals surface area contributed by atoms with Crippen molar-refractivity contribution in [3.8, 4) is 0 Å². The molecule has 94 heavy (non-hydrogen) atoms. The minimum absolute atomic E-state index is 0. The molecule has 0 aromatic heterocycles. The van der Waals surface area contributed by atoms with Crippen LogP contribution in [0.4, 0.5) is 0 Å². The standard InChI is InChI=1S/C35H50N2.2C28H57.Pd/c1-5-9-13-15-18-30-19-16-21-32(27-30)35(31-25-23-29(24-26-31)17-11-7-3)34(22-12-8-4)33(28-37-36)20-14-10-6-2;2*1-3-5-7-9-11-13-15-17-19-21-23-25-27-28-26-24-22-20-18-16-14-12-10-8-6-4-2;/h16,19,21,23-27H,5-15,17-18,20,22H2,1-4H3;2*1,3-28H2,2H3;/q;2*-1;+2. The Morgan fingerprint density at radius 3 is 0.894 bits per heavy atom. The molecule has 0 saturated carbocycles. The van der Waals surface area contributed by atoms with Crippen LogP contribution in [0.25, 0.3) is 11.1 Å². The van der Waals surface area contributed by atoms with Crippen LogP contribution in [0.1, 0.15) is 481 Å². The van der Waals surface area contributed by atoms with Gasteiger partial charge in [-0.05, 0) is 84.8 Å². The second kappa shape index (κ2) is 80.0. The number of rotatable bonds is 68. The molecule has 0 unspecified atom stereocenters. The molecule has 2 aromatic carbocycles. The third-order valence-corrected chi connectivity index (χ3v) is 20.0. The predicted octanol–water partition coefficient (Wildman–Crippen LogP) is 32.5. The van der Waals surface area contributed by atoms with Crippen molar-refractivity contribution < 1.29 is 25.2 Å². The number of hydrogen-bond donors (Lipinski definition) is 0. The van der Waals surface area contributed by atoms with Gasteiger partial charge in [-0.2, -0.15) is 12.8 Å². The van der Waals surface area contributed by atoms with Crippen molar-refractivity contribution >= 4 is 11.4 Å². The summed E-state index contributed by atoms with van der Waals surface area (Å²) in [5, 5.41) is 0. The van der Waals surface area contributed by atoms with Gasteiger partial charge in [0.05, 0.1) is 5.57 Å². The van der Waals surface area contributed by atoms with E-state index in [-0.39, 0.29) is 20.4 Å². The van der Waals surface area contributed by atoms with Crippen LogP contribution in [0.15, 0.2) is 59.7 Å². The van der Waals surface area contributed by atoms with Crippen LogP contribution in [0, 0.1) is 13.8 Å². The Hall–Kier alpha value is -2.00. The molecule has 0 fully saturated rings. The summed E-state index contributed by atoms with van der Waals surface area (Å²) in [6, 6.07) is 18.4. The van der Waals surface area contributed by atoms with Crippen LogP contribution in [0.2, 0.25) is 0 Å². The maximum absolute atomic E-state index is 9.56. The van der Waals surface area contributed by atoms with E-state index in [9.17, 15) is 5.53 Å². The van der Waals surface area contributed by atoms with Crippen molar-refractivity contribution in [2.45, 2.75) is 472 Å². The van der Waals surface area contributed by atoms with Gasteiger partial charge in [0.25, 0.3) is 0 Å². The third kappa shape index (κ3) is 63.4. The summed E-state index contributed by atoms with van der Waals surface area (Å²) in [5.41, 5.74) is 18.5. The average Bonchev–Trinajstić information content (AvgIpc) is 0.852. The minimum atomic E-state index is 0. The fourth-order valence-electron chi connectivity index (χ4n) is 13.7. The van der Waals surface area contributed by atoms with Crippen LogP contribution < -0.4 is 0 Å².